The van der Waals surface area contributed by atoms with Gasteiger partial charge in [-0.2, -0.15) is 0 Å². The molecule has 0 aliphatic carbocycles. The molecule has 2 aliphatic heterocycles. The van der Waals surface area contributed by atoms with Crippen molar-refractivity contribution in [1.82, 2.24) is 4.90 Å². The third-order valence-corrected chi connectivity index (χ3v) is 5.79. The highest BCUT2D eigenvalue weighted by molar-refractivity contribution is 9.10. The van der Waals surface area contributed by atoms with Crippen LogP contribution < -0.4 is 9.47 Å². The van der Waals surface area contributed by atoms with Gasteiger partial charge in [0.2, 0.25) is 6.79 Å². The lowest BCUT2D eigenvalue weighted by Crippen LogP contribution is -2.29. The summed E-state index contributed by atoms with van der Waals surface area (Å²) in [5, 5.41) is 11.0. The number of fused-ring (bicyclic) bond motifs is 1. The molecule has 1 fully saturated rings. The van der Waals surface area contributed by atoms with Crippen LogP contribution in [0.1, 0.15) is 22.9 Å². The third kappa shape index (κ3) is 3.38. The van der Waals surface area contributed by atoms with E-state index in [0.29, 0.717) is 22.8 Å². The van der Waals surface area contributed by atoms with Crippen molar-refractivity contribution in [1.29, 1.82) is 0 Å². The van der Waals surface area contributed by atoms with Crippen LogP contribution in [0.4, 0.5) is 0 Å². The molecule has 3 aromatic rings. The highest BCUT2D eigenvalue weighted by atomic mass is 79.9. The highest BCUT2D eigenvalue weighted by Crippen LogP contribution is 2.41. The number of nitrogens with zero attached hydrogens (tertiary/aromatic N) is 1. The molecule has 1 N–H and O–H groups in total. The first-order chi connectivity index (χ1) is 15.0. The van der Waals surface area contributed by atoms with Gasteiger partial charge in [0.15, 0.2) is 11.5 Å². The summed E-state index contributed by atoms with van der Waals surface area (Å²) in [6.45, 7) is 0.270. The lowest BCUT2D eigenvalue weighted by molar-refractivity contribution is -0.140. The molecule has 0 spiro atoms. The molecule has 0 radical (unpaired) electrons. The van der Waals surface area contributed by atoms with Crippen LogP contribution in [0.3, 0.4) is 0 Å². The molecule has 0 bridgehead atoms. The first kappa shape index (κ1) is 19.4. The first-order valence-electron chi connectivity index (χ1n) is 9.49. The Labute approximate surface area is 185 Å². The molecule has 2 aliphatic rings. The number of Topliss-reactive ketones (excluding diaryl/α,β-unsaturated/α-hetero) is 1. The molecule has 2 aromatic carbocycles. The zero-order chi connectivity index (χ0) is 21.5. The summed E-state index contributed by atoms with van der Waals surface area (Å²) >= 11 is 3.35. The molecule has 8 heteroatoms. The lowest BCUT2D eigenvalue weighted by Gasteiger charge is -2.23. The standard InChI is InChI=1S/C23H16BrNO6/c24-15-6-4-14(5-7-15)21(26)19-20(17-2-1-9-29-17)25(23(28)22(19)27)11-13-3-8-16-18(10-13)31-12-30-16/h1-10,20,26H,11-12H2/b21-19-. The molecule has 1 aromatic heterocycles. The molecule has 0 saturated carbocycles. The minimum atomic E-state index is -0.857. The molecule has 3 heterocycles. The van der Waals surface area contributed by atoms with E-state index in [1.807, 2.05) is 0 Å². The predicted molar refractivity (Wildman–Crippen MR) is 113 cm³/mol. The van der Waals surface area contributed by atoms with Gasteiger partial charge in [-0.3, -0.25) is 9.59 Å². The van der Waals surface area contributed by atoms with Crippen LogP contribution in [0.5, 0.6) is 11.5 Å². The van der Waals surface area contributed by atoms with Crippen LogP contribution in [-0.4, -0.2) is 28.5 Å². The number of carbonyl (C=O) groups excluding carboxylic acids is 2. The second kappa shape index (κ2) is 7.63. The highest BCUT2D eigenvalue weighted by Gasteiger charge is 2.47. The van der Waals surface area contributed by atoms with Crippen molar-refractivity contribution in [3.63, 3.8) is 0 Å². The average molecular weight is 482 g/mol. The van der Waals surface area contributed by atoms with Crippen molar-refractivity contribution in [3.8, 4) is 11.5 Å². The molecule has 1 atom stereocenters. The molecule has 1 amide bonds. The zero-order valence-electron chi connectivity index (χ0n) is 16.1. The largest absolute Gasteiger partial charge is 0.507 e. The third-order valence-electron chi connectivity index (χ3n) is 5.26. The molecular weight excluding hydrogens is 466 g/mol. The van der Waals surface area contributed by atoms with Crippen LogP contribution in [-0.2, 0) is 16.1 Å². The van der Waals surface area contributed by atoms with Gasteiger partial charge in [0.25, 0.3) is 11.7 Å². The molecular formula is C23H16BrNO6. The van der Waals surface area contributed by atoms with Gasteiger partial charge in [-0.05, 0) is 42.0 Å². The van der Waals surface area contributed by atoms with Crippen molar-refractivity contribution in [2.24, 2.45) is 0 Å². The second-order valence-corrected chi connectivity index (χ2v) is 8.05. The SMILES string of the molecule is O=C1C(=O)N(Cc2ccc3c(c2)OCO3)C(c2ccco2)/C1=C(/O)c1ccc(Br)cc1. The van der Waals surface area contributed by atoms with Crippen molar-refractivity contribution < 1.29 is 28.6 Å². The summed E-state index contributed by atoms with van der Waals surface area (Å²) in [7, 11) is 0. The van der Waals surface area contributed by atoms with E-state index in [1.54, 1.807) is 54.6 Å². The Morgan fingerprint density at radius 2 is 1.84 bits per heavy atom. The monoisotopic (exact) mass is 481 g/mol. The zero-order valence-corrected chi connectivity index (χ0v) is 17.7. The van der Waals surface area contributed by atoms with Gasteiger partial charge in [-0.15, -0.1) is 0 Å². The van der Waals surface area contributed by atoms with E-state index in [0.717, 1.165) is 10.0 Å². The van der Waals surface area contributed by atoms with Gasteiger partial charge in [0, 0.05) is 16.6 Å². The summed E-state index contributed by atoms with van der Waals surface area (Å²) in [6.07, 6.45) is 1.47. The number of ether oxygens (including phenoxy) is 2. The summed E-state index contributed by atoms with van der Waals surface area (Å²) < 4.78 is 17.1. The van der Waals surface area contributed by atoms with Crippen LogP contribution in [0.15, 0.2) is 75.3 Å². The van der Waals surface area contributed by atoms with E-state index in [2.05, 4.69) is 15.9 Å². The van der Waals surface area contributed by atoms with Gasteiger partial charge in [0.1, 0.15) is 17.6 Å². The van der Waals surface area contributed by atoms with Crippen LogP contribution >= 0.6 is 15.9 Å². The molecule has 7 nitrogen and oxygen atoms in total. The fourth-order valence-corrected chi connectivity index (χ4v) is 4.05. The number of halogens is 1. The molecule has 1 saturated heterocycles. The second-order valence-electron chi connectivity index (χ2n) is 7.14. The Kier molecular flexibility index (Phi) is 4.78. The minimum absolute atomic E-state index is 0.0111. The topological polar surface area (TPSA) is 89.2 Å². The molecule has 156 valence electrons. The Balaban J connectivity index is 1.58. The van der Waals surface area contributed by atoms with E-state index in [-0.39, 0.29) is 24.7 Å². The van der Waals surface area contributed by atoms with Crippen molar-refractivity contribution in [2.45, 2.75) is 12.6 Å². The first-order valence-corrected chi connectivity index (χ1v) is 10.3. The average Bonchev–Trinajstić information content (AvgIpc) is 3.50. The van der Waals surface area contributed by atoms with Gasteiger partial charge >= 0.3 is 0 Å². The quantitative estimate of drug-likeness (QED) is 0.337. The van der Waals surface area contributed by atoms with E-state index in [9.17, 15) is 14.7 Å². The number of carbonyl (C=O) groups is 2. The number of hydrogen-bond donors (Lipinski definition) is 1. The minimum Gasteiger partial charge on any atom is -0.507 e. The number of aliphatic hydroxyl groups is 1. The van der Waals surface area contributed by atoms with Crippen molar-refractivity contribution in [3.05, 3.63) is 87.8 Å². The number of likely N-dealkylation sites (tertiary alicyclic amines) is 1. The summed E-state index contributed by atoms with van der Waals surface area (Å²) in [5.41, 5.74) is 1.18. The van der Waals surface area contributed by atoms with Gasteiger partial charge in [-0.25, -0.2) is 0 Å². The number of aliphatic hydroxyl groups excluding tert-OH is 1. The van der Waals surface area contributed by atoms with E-state index in [1.165, 1.54) is 11.2 Å². The van der Waals surface area contributed by atoms with E-state index < -0.39 is 17.7 Å². The smallest absolute Gasteiger partial charge is 0.296 e. The normalized spacial score (nSPS) is 19.3. The molecule has 5 rings (SSSR count). The van der Waals surface area contributed by atoms with Gasteiger partial charge in [0.05, 0.1) is 11.8 Å². The van der Waals surface area contributed by atoms with Crippen molar-refractivity contribution >= 4 is 33.4 Å². The Bertz CT molecular complexity index is 1200. The molecule has 31 heavy (non-hydrogen) atoms. The number of rotatable bonds is 4. The number of benzene rings is 2. The number of furan rings is 1. The summed E-state index contributed by atoms with van der Waals surface area (Å²) in [6, 6.07) is 14.7. The Morgan fingerprint density at radius 3 is 2.58 bits per heavy atom. The number of amides is 1. The van der Waals surface area contributed by atoms with Gasteiger partial charge < -0.3 is 23.9 Å². The maximum atomic E-state index is 13.0. The maximum absolute atomic E-state index is 13.0. The summed E-state index contributed by atoms with van der Waals surface area (Å²) in [4.78, 5) is 27.3. The summed E-state index contributed by atoms with van der Waals surface area (Å²) in [5.74, 6) is -0.124. The number of hydrogen-bond acceptors (Lipinski definition) is 6. The number of ketones is 1. The van der Waals surface area contributed by atoms with E-state index in [4.69, 9.17) is 13.9 Å². The van der Waals surface area contributed by atoms with E-state index >= 15 is 0 Å². The van der Waals surface area contributed by atoms with Gasteiger partial charge in [-0.1, -0.05) is 34.1 Å². The molecule has 1 unspecified atom stereocenters. The maximum Gasteiger partial charge on any atom is 0.296 e. The fourth-order valence-electron chi connectivity index (χ4n) is 3.78. The van der Waals surface area contributed by atoms with Crippen LogP contribution in [0.2, 0.25) is 0 Å². The Hall–Kier alpha value is -3.52. The Morgan fingerprint density at radius 1 is 1.06 bits per heavy atom. The van der Waals surface area contributed by atoms with Crippen molar-refractivity contribution in [2.75, 3.05) is 6.79 Å². The lowest BCUT2D eigenvalue weighted by atomic mass is 9.99. The predicted octanol–water partition coefficient (Wildman–Crippen LogP) is 4.39. The fraction of sp³-hybridized carbons (Fsp3) is 0.130. The van der Waals surface area contributed by atoms with Crippen LogP contribution in [0, 0.1) is 0 Å². The van der Waals surface area contributed by atoms with Crippen LogP contribution in [0.25, 0.3) is 5.76 Å².